The number of aromatic nitrogens is 6. The van der Waals surface area contributed by atoms with Crippen molar-refractivity contribution in [3.05, 3.63) is 69.7 Å². The number of aromatic amines is 1. The Morgan fingerprint density at radius 3 is 2.74 bits per heavy atom. The first kappa shape index (κ1) is 22.3. The summed E-state index contributed by atoms with van der Waals surface area (Å²) >= 11 is 12.8. The van der Waals surface area contributed by atoms with E-state index >= 15 is 0 Å². The van der Waals surface area contributed by atoms with Crippen molar-refractivity contribution in [3.63, 3.8) is 0 Å². The van der Waals surface area contributed by atoms with Gasteiger partial charge in [0.1, 0.15) is 5.69 Å². The Balaban J connectivity index is 1.61. The zero-order valence-corrected chi connectivity index (χ0v) is 20.3. The van der Waals surface area contributed by atoms with Crippen LogP contribution in [0.5, 0.6) is 0 Å². The molecule has 0 aliphatic heterocycles. The average molecular weight is 494 g/mol. The molecule has 3 aromatic heterocycles. The average Bonchev–Trinajstić information content (AvgIpc) is 3.43. The van der Waals surface area contributed by atoms with Gasteiger partial charge in [0, 0.05) is 52.8 Å². The summed E-state index contributed by atoms with van der Waals surface area (Å²) in [6, 6.07) is 8.86. The summed E-state index contributed by atoms with van der Waals surface area (Å²) in [5.74, 6) is 0.0985. The Hall–Kier alpha value is -3.49. The summed E-state index contributed by atoms with van der Waals surface area (Å²) in [6.45, 7) is 5.19. The van der Waals surface area contributed by atoms with Gasteiger partial charge in [-0.15, -0.1) is 0 Å². The standard InChI is InChI=1S/C24H21Cl2N7O/c1-4-33-13(2)15(11-28-33)12-32(3)24(34)22-18-8-16(25)5-6-20(18)29-23(30-22)17-9-21-14(7-19(17)26)10-27-31-21/h5-11H,4,12H2,1-3H3,(H,27,31). The van der Waals surface area contributed by atoms with Gasteiger partial charge in [-0.1, -0.05) is 23.2 Å². The summed E-state index contributed by atoms with van der Waals surface area (Å²) in [5, 5.41) is 13.8. The van der Waals surface area contributed by atoms with Crippen LogP contribution in [0.2, 0.25) is 10.0 Å². The summed E-state index contributed by atoms with van der Waals surface area (Å²) in [6.07, 6.45) is 3.49. The molecule has 1 N–H and O–H groups in total. The second kappa shape index (κ2) is 8.70. The molecule has 0 fully saturated rings. The van der Waals surface area contributed by atoms with E-state index in [0.717, 1.165) is 28.7 Å². The van der Waals surface area contributed by atoms with Crippen LogP contribution in [0.25, 0.3) is 33.2 Å². The smallest absolute Gasteiger partial charge is 0.273 e. The third-order valence-electron chi connectivity index (χ3n) is 5.89. The lowest BCUT2D eigenvalue weighted by atomic mass is 10.1. The van der Waals surface area contributed by atoms with Gasteiger partial charge in [0.25, 0.3) is 5.91 Å². The Kier molecular flexibility index (Phi) is 5.71. The van der Waals surface area contributed by atoms with Crippen molar-refractivity contribution in [2.75, 3.05) is 7.05 Å². The maximum Gasteiger partial charge on any atom is 0.273 e. The van der Waals surface area contributed by atoms with Crippen LogP contribution >= 0.6 is 23.2 Å². The van der Waals surface area contributed by atoms with Gasteiger partial charge in [-0.05, 0) is 44.2 Å². The molecule has 0 aliphatic rings. The van der Waals surface area contributed by atoms with E-state index in [1.54, 1.807) is 48.6 Å². The minimum atomic E-state index is -0.252. The van der Waals surface area contributed by atoms with E-state index in [4.69, 9.17) is 23.2 Å². The van der Waals surface area contributed by atoms with Crippen LogP contribution in [-0.2, 0) is 13.1 Å². The van der Waals surface area contributed by atoms with Crippen molar-refractivity contribution in [3.8, 4) is 11.4 Å². The first-order valence-electron chi connectivity index (χ1n) is 10.7. The second-order valence-corrected chi connectivity index (χ2v) is 8.92. The molecule has 0 atom stereocenters. The fraction of sp³-hybridized carbons (Fsp3) is 0.208. The fourth-order valence-electron chi connectivity index (χ4n) is 3.99. The molecule has 0 saturated carbocycles. The number of nitrogens with zero attached hydrogens (tertiary/aromatic N) is 6. The monoisotopic (exact) mass is 493 g/mol. The SMILES string of the molecule is CCn1ncc(CN(C)C(=O)c2nc(-c3cc4[nH]ncc4cc3Cl)nc3ccc(Cl)cc23)c1C. The molecule has 3 heterocycles. The van der Waals surface area contributed by atoms with Gasteiger partial charge < -0.3 is 4.90 Å². The highest BCUT2D eigenvalue weighted by Crippen LogP contribution is 2.32. The Morgan fingerprint density at radius 1 is 1.15 bits per heavy atom. The summed E-state index contributed by atoms with van der Waals surface area (Å²) in [4.78, 5) is 24.6. The van der Waals surface area contributed by atoms with E-state index in [0.29, 0.717) is 38.9 Å². The zero-order valence-electron chi connectivity index (χ0n) is 18.8. The minimum Gasteiger partial charge on any atom is -0.336 e. The lowest BCUT2D eigenvalue weighted by Gasteiger charge is -2.18. The van der Waals surface area contributed by atoms with Crippen LogP contribution in [0, 0.1) is 6.92 Å². The number of amides is 1. The molecule has 0 saturated heterocycles. The van der Waals surface area contributed by atoms with Crippen molar-refractivity contribution in [1.82, 2.24) is 34.8 Å². The molecule has 34 heavy (non-hydrogen) atoms. The molecule has 172 valence electrons. The number of halogens is 2. The molecular weight excluding hydrogens is 473 g/mol. The Labute approximate surface area is 205 Å². The number of carbonyl (C=O) groups is 1. The third-order valence-corrected chi connectivity index (χ3v) is 6.44. The molecule has 0 bridgehead atoms. The van der Waals surface area contributed by atoms with Gasteiger partial charge in [-0.3, -0.25) is 14.6 Å². The topological polar surface area (TPSA) is 92.6 Å². The largest absolute Gasteiger partial charge is 0.336 e. The predicted octanol–water partition coefficient (Wildman–Crippen LogP) is 5.28. The van der Waals surface area contributed by atoms with Gasteiger partial charge in [-0.25, -0.2) is 9.97 Å². The number of hydrogen-bond acceptors (Lipinski definition) is 5. The number of benzene rings is 2. The second-order valence-electron chi connectivity index (χ2n) is 8.08. The molecule has 0 unspecified atom stereocenters. The lowest BCUT2D eigenvalue weighted by molar-refractivity contribution is 0.0781. The van der Waals surface area contributed by atoms with Crippen LogP contribution in [0.4, 0.5) is 0 Å². The van der Waals surface area contributed by atoms with E-state index in [-0.39, 0.29) is 11.6 Å². The minimum absolute atomic E-state index is 0.252. The van der Waals surface area contributed by atoms with Crippen molar-refractivity contribution in [2.24, 2.45) is 0 Å². The molecule has 5 rings (SSSR count). The van der Waals surface area contributed by atoms with E-state index < -0.39 is 0 Å². The van der Waals surface area contributed by atoms with Crippen molar-refractivity contribution < 1.29 is 4.79 Å². The van der Waals surface area contributed by atoms with Gasteiger partial charge in [-0.2, -0.15) is 10.2 Å². The molecule has 5 aromatic rings. The summed E-state index contributed by atoms with van der Waals surface area (Å²) in [7, 11) is 1.74. The molecule has 1 amide bonds. The number of carbonyl (C=O) groups excluding carboxylic acids is 1. The Bertz CT molecular complexity index is 1560. The number of nitrogens with one attached hydrogen (secondary N) is 1. The first-order chi connectivity index (χ1) is 16.4. The van der Waals surface area contributed by atoms with Crippen molar-refractivity contribution in [2.45, 2.75) is 26.9 Å². The van der Waals surface area contributed by atoms with Crippen LogP contribution in [0.3, 0.4) is 0 Å². The Morgan fingerprint density at radius 2 is 1.97 bits per heavy atom. The summed E-state index contributed by atoms with van der Waals surface area (Å²) < 4.78 is 1.90. The molecular formula is C24H21Cl2N7O. The molecule has 0 radical (unpaired) electrons. The molecule has 10 heteroatoms. The number of hydrogen-bond donors (Lipinski definition) is 1. The maximum atomic E-state index is 13.6. The molecule has 2 aromatic carbocycles. The van der Waals surface area contributed by atoms with Crippen molar-refractivity contribution >= 4 is 50.9 Å². The van der Waals surface area contributed by atoms with E-state index in [9.17, 15) is 4.79 Å². The van der Waals surface area contributed by atoms with Crippen LogP contribution < -0.4 is 0 Å². The molecule has 0 spiro atoms. The van der Waals surface area contributed by atoms with E-state index in [2.05, 4.69) is 25.3 Å². The molecule has 0 aliphatic carbocycles. The number of aryl methyl sites for hydroxylation is 1. The number of fused-ring (bicyclic) bond motifs is 2. The quantitative estimate of drug-likeness (QED) is 0.359. The normalized spacial score (nSPS) is 11.4. The summed E-state index contributed by atoms with van der Waals surface area (Å²) in [5.41, 5.74) is 4.26. The van der Waals surface area contributed by atoms with E-state index in [1.165, 1.54) is 0 Å². The highest BCUT2D eigenvalue weighted by atomic mass is 35.5. The zero-order chi connectivity index (χ0) is 24.0. The highest BCUT2D eigenvalue weighted by molar-refractivity contribution is 6.34. The van der Waals surface area contributed by atoms with Crippen LogP contribution in [0.1, 0.15) is 28.7 Å². The number of H-pyrrole nitrogens is 1. The maximum absolute atomic E-state index is 13.6. The third kappa shape index (κ3) is 3.89. The molecule has 8 nitrogen and oxygen atoms in total. The lowest BCUT2D eigenvalue weighted by Crippen LogP contribution is -2.27. The predicted molar refractivity (Wildman–Crippen MR) is 133 cm³/mol. The van der Waals surface area contributed by atoms with Gasteiger partial charge in [0.2, 0.25) is 0 Å². The van der Waals surface area contributed by atoms with E-state index in [1.807, 2.05) is 24.6 Å². The first-order valence-corrected chi connectivity index (χ1v) is 11.5. The van der Waals surface area contributed by atoms with Gasteiger partial charge in [0.05, 0.1) is 28.4 Å². The van der Waals surface area contributed by atoms with Crippen LogP contribution in [0.15, 0.2) is 42.7 Å². The van der Waals surface area contributed by atoms with Crippen molar-refractivity contribution in [1.29, 1.82) is 0 Å². The van der Waals surface area contributed by atoms with Gasteiger partial charge >= 0.3 is 0 Å². The van der Waals surface area contributed by atoms with Gasteiger partial charge in [0.15, 0.2) is 5.82 Å². The number of rotatable bonds is 5. The highest BCUT2D eigenvalue weighted by Gasteiger charge is 2.22. The fourth-order valence-corrected chi connectivity index (χ4v) is 4.42. The van der Waals surface area contributed by atoms with Crippen LogP contribution in [-0.4, -0.2) is 47.8 Å².